The molecule has 2 rings (SSSR count). The highest BCUT2D eigenvalue weighted by molar-refractivity contribution is 5.90. The van der Waals surface area contributed by atoms with Crippen LogP contribution < -0.4 is 0 Å². The van der Waals surface area contributed by atoms with Crippen molar-refractivity contribution in [2.75, 3.05) is 0 Å². The van der Waals surface area contributed by atoms with Gasteiger partial charge in [-0.2, -0.15) is 5.10 Å². The molecule has 0 saturated carbocycles. The molecular formula is C12H13N3O2. The second kappa shape index (κ2) is 4.37. The summed E-state index contributed by atoms with van der Waals surface area (Å²) in [6.45, 7) is 4.00. The van der Waals surface area contributed by atoms with Gasteiger partial charge >= 0.3 is 5.97 Å². The lowest BCUT2D eigenvalue weighted by Gasteiger charge is -2.03. The van der Waals surface area contributed by atoms with Crippen LogP contribution in [0.25, 0.3) is 0 Å². The summed E-state index contributed by atoms with van der Waals surface area (Å²) >= 11 is 0. The number of pyridine rings is 1. The summed E-state index contributed by atoms with van der Waals surface area (Å²) < 4.78 is 1.69. The van der Waals surface area contributed by atoms with E-state index >= 15 is 0 Å². The van der Waals surface area contributed by atoms with Gasteiger partial charge < -0.3 is 5.11 Å². The smallest absolute Gasteiger partial charge is 0.339 e. The number of rotatable bonds is 3. The Bertz CT molecular complexity index is 546. The SMILES string of the molecule is Cc1nn(Cc2cccnc2)c(C)c1C(=O)O. The molecule has 5 nitrogen and oxygen atoms in total. The average molecular weight is 231 g/mol. The topological polar surface area (TPSA) is 68.0 Å². The molecular weight excluding hydrogens is 218 g/mol. The molecule has 0 amide bonds. The summed E-state index contributed by atoms with van der Waals surface area (Å²) in [5.41, 5.74) is 2.49. The van der Waals surface area contributed by atoms with Gasteiger partial charge in [-0.05, 0) is 25.5 Å². The van der Waals surface area contributed by atoms with Crippen LogP contribution in [0.4, 0.5) is 0 Å². The van der Waals surface area contributed by atoms with Crippen molar-refractivity contribution < 1.29 is 9.90 Å². The third-order valence-electron chi connectivity index (χ3n) is 2.65. The molecule has 0 aromatic carbocycles. The van der Waals surface area contributed by atoms with Crippen molar-refractivity contribution in [2.45, 2.75) is 20.4 Å². The van der Waals surface area contributed by atoms with E-state index in [1.807, 2.05) is 12.1 Å². The van der Waals surface area contributed by atoms with Gasteiger partial charge in [0.05, 0.1) is 17.9 Å². The van der Waals surface area contributed by atoms with Gasteiger partial charge in [0.25, 0.3) is 0 Å². The predicted molar refractivity (Wildman–Crippen MR) is 62.0 cm³/mol. The molecule has 0 radical (unpaired) electrons. The first-order valence-electron chi connectivity index (χ1n) is 5.26. The zero-order valence-corrected chi connectivity index (χ0v) is 9.71. The van der Waals surface area contributed by atoms with Crippen LogP contribution in [0.3, 0.4) is 0 Å². The minimum Gasteiger partial charge on any atom is -0.478 e. The van der Waals surface area contributed by atoms with Gasteiger partial charge in [-0.15, -0.1) is 0 Å². The fraction of sp³-hybridized carbons (Fsp3) is 0.250. The first-order valence-corrected chi connectivity index (χ1v) is 5.26. The van der Waals surface area contributed by atoms with Gasteiger partial charge in [0.15, 0.2) is 0 Å². The maximum Gasteiger partial charge on any atom is 0.339 e. The minimum absolute atomic E-state index is 0.286. The highest BCUT2D eigenvalue weighted by Crippen LogP contribution is 2.14. The van der Waals surface area contributed by atoms with Crippen molar-refractivity contribution >= 4 is 5.97 Å². The van der Waals surface area contributed by atoms with E-state index in [0.29, 0.717) is 17.9 Å². The Morgan fingerprint density at radius 1 is 1.47 bits per heavy atom. The molecule has 0 aliphatic carbocycles. The van der Waals surface area contributed by atoms with Gasteiger partial charge in [-0.1, -0.05) is 6.07 Å². The zero-order valence-electron chi connectivity index (χ0n) is 9.71. The molecule has 1 N–H and O–H groups in total. The Balaban J connectivity index is 2.35. The van der Waals surface area contributed by atoms with Crippen LogP contribution in [0.2, 0.25) is 0 Å². The Morgan fingerprint density at radius 3 is 2.76 bits per heavy atom. The standard InChI is InChI=1S/C12H13N3O2/c1-8-11(12(16)17)9(2)15(14-8)7-10-4-3-5-13-6-10/h3-6H,7H2,1-2H3,(H,16,17). The summed E-state index contributed by atoms with van der Waals surface area (Å²) in [5.74, 6) is -0.933. The van der Waals surface area contributed by atoms with Gasteiger partial charge in [-0.3, -0.25) is 9.67 Å². The number of nitrogens with zero attached hydrogens (tertiary/aromatic N) is 3. The van der Waals surface area contributed by atoms with Crippen LogP contribution in [0.1, 0.15) is 27.3 Å². The van der Waals surface area contributed by atoms with Gasteiger partial charge in [-0.25, -0.2) is 4.79 Å². The third-order valence-corrected chi connectivity index (χ3v) is 2.65. The number of hydrogen-bond acceptors (Lipinski definition) is 3. The van der Waals surface area contributed by atoms with Crippen molar-refractivity contribution in [3.8, 4) is 0 Å². The summed E-state index contributed by atoms with van der Waals surface area (Å²) in [6, 6.07) is 3.78. The van der Waals surface area contributed by atoms with Crippen LogP contribution in [-0.4, -0.2) is 25.8 Å². The number of aromatic nitrogens is 3. The highest BCUT2D eigenvalue weighted by Gasteiger charge is 2.17. The molecule has 0 fully saturated rings. The first kappa shape index (κ1) is 11.3. The van der Waals surface area contributed by atoms with Crippen molar-refractivity contribution in [3.05, 3.63) is 47.0 Å². The van der Waals surface area contributed by atoms with E-state index in [-0.39, 0.29) is 5.56 Å². The first-order chi connectivity index (χ1) is 8.09. The van der Waals surface area contributed by atoms with Crippen molar-refractivity contribution in [1.82, 2.24) is 14.8 Å². The van der Waals surface area contributed by atoms with E-state index in [2.05, 4.69) is 10.1 Å². The number of carboxylic acids is 1. The van der Waals surface area contributed by atoms with Crippen LogP contribution in [0.15, 0.2) is 24.5 Å². The zero-order chi connectivity index (χ0) is 12.4. The number of carboxylic acid groups (broad SMARTS) is 1. The lowest BCUT2D eigenvalue weighted by Crippen LogP contribution is -2.05. The van der Waals surface area contributed by atoms with Crippen LogP contribution in [0, 0.1) is 13.8 Å². The Morgan fingerprint density at radius 2 is 2.24 bits per heavy atom. The highest BCUT2D eigenvalue weighted by atomic mass is 16.4. The summed E-state index contributed by atoms with van der Waals surface area (Å²) in [5, 5.41) is 13.3. The number of aromatic carboxylic acids is 1. The molecule has 2 heterocycles. The minimum atomic E-state index is -0.933. The second-order valence-corrected chi connectivity index (χ2v) is 3.87. The van der Waals surface area contributed by atoms with E-state index < -0.39 is 5.97 Å². The molecule has 5 heteroatoms. The largest absolute Gasteiger partial charge is 0.478 e. The van der Waals surface area contributed by atoms with Gasteiger partial charge in [0, 0.05) is 12.4 Å². The molecule has 17 heavy (non-hydrogen) atoms. The van der Waals surface area contributed by atoms with E-state index in [1.165, 1.54) is 0 Å². The molecule has 2 aromatic heterocycles. The Labute approximate surface area is 98.7 Å². The van der Waals surface area contributed by atoms with E-state index in [9.17, 15) is 4.79 Å². The number of hydrogen-bond donors (Lipinski definition) is 1. The summed E-state index contributed by atoms with van der Waals surface area (Å²) in [6.07, 6.45) is 3.45. The Hall–Kier alpha value is -2.17. The maximum atomic E-state index is 11.0. The molecule has 0 atom stereocenters. The average Bonchev–Trinajstić information content (AvgIpc) is 2.55. The summed E-state index contributed by atoms with van der Waals surface area (Å²) in [4.78, 5) is 15.1. The molecule has 0 spiro atoms. The second-order valence-electron chi connectivity index (χ2n) is 3.87. The fourth-order valence-electron chi connectivity index (χ4n) is 1.82. The number of aryl methyl sites for hydroxylation is 1. The fourth-order valence-corrected chi connectivity index (χ4v) is 1.82. The Kier molecular flexibility index (Phi) is 2.91. The normalized spacial score (nSPS) is 10.5. The molecule has 0 aliphatic rings. The third kappa shape index (κ3) is 2.18. The maximum absolute atomic E-state index is 11.0. The quantitative estimate of drug-likeness (QED) is 0.871. The van der Waals surface area contributed by atoms with Crippen LogP contribution >= 0.6 is 0 Å². The predicted octanol–water partition coefficient (Wildman–Crippen LogP) is 1.64. The molecule has 88 valence electrons. The van der Waals surface area contributed by atoms with Crippen molar-refractivity contribution in [3.63, 3.8) is 0 Å². The van der Waals surface area contributed by atoms with E-state index in [4.69, 9.17) is 5.11 Å². The van der Waals surface area contributed by atoms with Gasteiger partial charge in [0.1, 0.15) is 5.56 Å². The lowest BCUT2D eigenvalue weighted by atomic mass is 10.2. The lowest BCUT2D eigenvalue weighted by molar-refractivity contribution is 0.0695. The van der Waals surface area contributed by atoms with Crippen molar-refractivity contribution in [2.24, 2.45) is 0 Å². The van der Waals surface area contributed by atoms with Crippen molar-refractivity contribution in [1.29, 1.82) is 0 Å². The van der Waals surface area contributed by atoms with Crippen LogP contribution in [-0.2, 0) is 6.54 Å². The monoisotopic (exact) mass is 231 g/mol. The number of carbonyl (C=O) groups is 1. The molecule has 0 saturated heterocycles. The molecule has 2 aromatic rings. The van der Waals surface area contributed by atoms with Gasteiger partial charge in [0.2, 0.25) is 0 Å². The van der Waals surface area contributed by atoms with E-state index in [0.717, 1.165) is 5.56 Å². The molecule has 0 bridgehead atoms. The molecule has 0 aliphatic heterocycles. The summed E-state index contributed by atoms with van der Waals surface area (Å²) in [7, 11) is 0. The molecule has 0 unspecified atom stereocenters. The van der Waals surface area contributed by atoms with Crippen LogP contribution in [0.5, 0.6) is 0 Å². The van der Waals surface area contributed by atoms with E-state index in [1.54, 1.807) is 30.9 Å².